The van der Waals surface area contributed by atoms with Crippen LogP contribution < -0.4 is 4.98 Å². The minimum atomic E-state index is -0.0121. The zero-order chi connectivity index (χ0) is 35.1. The van der Waals surface area contributed by atoms with Gasteiger partial charge in [-0.2, -0.15) is 0 Å². The first-order valence-corrected chi connectivity index (χ1v) is 17.8. The van der Waals surface area contributed by atoms with Crippen LogP contribution in [0.4, 0.5) is 0 Å². The van der Waals surface area contributed by atoms with E-state index in [4.69, 9.17) is 15.0 Å². The molecule has 4 heterocycles. The molecule has 10 rings (SSSR count). The summed E-state index contributed by atoms with van der Waals surface area (Å²) in [6, 6.07) is 51.0. The maximum Gasteiger partial charge on any atom is 2.00 e. The number of imidazole rings is 1. The van der Waals surface area contributed by atoms with Gasteiger partial charge >= 0.3 is 21.1 Å². The Hall–Kier alpha value is -5.77. The molecule has 10 aromatic rings. The van der Waals surface area contributed by atoms with E-state index >= 15 is 0 Å². The topological polar surface area (TPSA) is 49.7 Å². The largest absolute Gasteiger partial charge is 2.00 e. The minimum Gasteiger partial charge on any atom is -0.656 e. The van der Waals surface area contributed by atoms with Gasteiger partial charge in [-0.3, -0.25) is 4.57 Å². The molecule has 0 bridgehead atoms. The van der Waals surface area contributed by atoms with Crippen molar-refractivity contribution in [1.82, 2.24) is 24.1 Å². The average molecular weight is 865 g/mol. The number of pyridine rings is 1. The van der Waals surface area contributed by atoms with E-state index in [0.29, 0.717) is 0 Å². The van der Waals surface area contributed by atoms with Gasteiger partial charge in [-0.15, -0.1) is 34.8 Å². The predicted molar refractivity (Wildman–Crippen MR) is 215 cm³/mol. The molecule has 4 aromatic heterocycles. The molecule has 53 heavy (non-hydrogen) atoms. The molecule has 0 saturated heterocycles. The van der Waals surface area contributed by atoms with Crippen LogP contribution in [0, 0.1) is 13.0 Å². The van der Waals surface area contributed by atoms with Crippen molar-refractivity contribution in [3.63, 3.8) is 0 Å². The van der Waals surface area contributed by atoms with Crippen molar-refractivity contribution in [3.8, 4) is 34.0 Å². The molecule has 0 aliphatic rings. The molecule has 0 spiro atoms. The number of rotatable bonds is 4. The molecule has 0 aliphatic carbocycles. The van der Waals surface area contributed by atoms with E-state index in [1.54, 1.807) is 0 Å². The van der Waals surface area contributed by atoms with Crippen molar-refractivity contribution in [2.24, 2.45) is 0 Å². The fourth-order valence-electron chi connectivity index (χ4n) is 7.78. The van der Waals surface area contributed by atoms with Crippen LogP contribution >= 0.6 is 0 Å². The van der Waals surface area contributed by atoms with Crippen molar-refractivity contribution in [1.29, 1.82) is 0 Å². The third-order valence-electron chi connectivity index (χ3n) is 10.4. The van der Waals surface area contributed by atoms with E-state index in [9.17, 15) is 0 Å². The summed E-state index contributed by atoms with van der Waals surface area (Å²) in [5, 5.41) is 4.62. The second kappa shape index (κ2) is 12.4. The van der Waals surface area contributed by atoms with Gasteiger partial charge in [0, 0.05) is 23.0 Å². The summed E-state index contributed by atoms with van der Waals surface area (Å²) in [5.41, 5.74) is 12.5. The summed E-state index contributed by atoms with van der Waals surface area (Å²) >= 11 is 0. The van der Waals surface area contributed by atoms with Crippen LogP contribution in [0.15, 0.2) is 140 Å². The molecule has 0 fully saturated rings. The molecule has 0 N–H and O–H groups in total. The molecule has 6 heteroatoms. The van der Waals surface area contributed by atoms with E-state index < -0.39 is 0 Å². The van der Waals surface area contributed by atoms with Crippen LogP contribution in [0.3, 0.4) is 0 Å². The molecule has 6 aromatic carbocycles. The summed E-state index contributed by atoms with van der Waals surface area (Å²) in [6.07, 6.45) is 1.93. The fraction of sp³-hybridized carbons (Fsp3) is 0.106. The first-order valence-electron chi connectivity index (χ1n) is 17.8. The standard InChI is InChI=1S/C47H35N5.Pt/c1-29-20-23-40-38(26-29)35-22-21-30(27-42(35)52(40)43-28-31(24-25-48-43)47(2,3)4)33-15-11-19-41-45(33)50-46(51(41)32-12-6-5-7-13-32)37-17-10-16-36-34-14-8-9-18-39(34)49-44(36)37;/h5-26,28H,1-4H3;/q-2;+2. The van der Waals surface area contributed by atoms with E-state index in [1.807, 2.05) is 12.3 Å². The van der Waals surface area contributed by atoms with Crippen molar-refractivity contribution in [2.75, 3.05) is 0 Å². The Kier molecular flexibility index (Phi) is 7.76. The van der Waals surface area contributed by atoms with Crippen LogP contribution in [0.25, 0.3) is 88.7 Å². The maximum absolute atomic E-state index is 5.49. The summed E-state index contributed by atoms with van der Waals surface area (Å²) in [6.45, 7) is 8.87. The van der Waals surface area contributed by atoms with Crippen molar-refractivity contribution in [3.05, 3.63) is 157 Å². The van der Waals surface area contributed by atoms with Crippen LogP contribution in [-0.2, 0) is 26.5 Å². The number of benzene rings is 6. The number of hydrogen-bond acceptors (Lipinski definition) is 2. The predicted octanol–water partition coefficient (Wildman–Crippen LogP) is 11.5. The van der Waals surface area contributed by atoms with Gasteiger partial charge in [-0.1, -0.05) is 122 Å². The van der Waals surface area contributed by atoms with Crippen molar-refractivity contribution < 1.29 is 21.1 Å². The van der Waals surface area contributed by atoms with E-state index in [1.165, 1.54) is 16.5 Å². The van der Waals surface area contributed by atoms with Gasteiger partial charge in [0.1, 0.15) is 11.6 Å². The van der Waals surface area contributed by atoms with Gasteiger partial charge in [0.2, 0.25) is 0 Å². The van der Waals surface area contributed by atoms with Gasteiger partial charge in [-0.05, 0) is 76.0 Å². The van der Waals surface area contributed by atoms with Gasteiger partial charge in [-0.25, -0.2) is 9.97 Å². The monoisotopic (exact) mass is 864 g/mol. The molecule has 0 radical (unpaired) electrons. The summed E-state index contributed by atoms with van der Waals surface area (Å²) in [4.78, 5) is 15.5. The number of hydrogen-bond donors (Lipinski definition) is 0. The molecular weight excluding hydrogens is 830 g/mol. The second-order valence-corrected chi connectivity index (χ2v) is 14.8. The molecule has 0 unspecified atom stereocenters. The number of para-hydroxylation sites is 4. The Balaban J connectivity index is 0.00000372. The first kappa shape index (κ1) is 33.1. The summed E-state index contributed by atoms with van der Waals surface area (Å²) in [5.74, 6) is 1.75. The SMILES string of the molecule is Cc1ccc2c(c1)c1ccc(-c3cccc4c3nc(-c3cccc5c3[n-]c3ccccc35)n4-c3ccccc3)[c-]c1n2-c1cc(C(C)(C)C)ccn1.[Pt+2]. The average Bonchev–Trinajstić information content (AvgIpc) is 3.84. The quantitative estimate of drug-likeness (QED) is 0.166. The fourth-order valence-corrected chi connectivity index (χ4v) is 7.78. The number of aryl methyl sites for hydroxylation is 1. The van der Waals surface area contributed by atoms with Gasteiger partial charge in [0.05, 0.1) is 11.0 Å². The second-order valence-electron chi connectivity index (χ2n) is 14.8. The van der Waals surface area contributed by atoms with Crippen LogP contribution in [0.5, 0.6) is 0 Å². The molecule has 0 atom stereocenters. The Labute approximate surface area is 322 Å². The Morgan fingerprint density at radius 2 is 1.42 bits per heavy atom. The van der Waals surface area contributed by atoms with Gasteiger partial charge in [0.25, 0.3) is 0 Å². The van der Waals surface area contributed by atoms with Gasteiger partial charge < -0.3 is 9.55 Å². The first-order chi connectivity index (χ1) is 25.3. The van der Waals surface area contributed by atoms with E-state index in [-0.39, 0.29) is 26.5 Å². The number of nitrogens with zero attached hydrogens (tertiary/aromatic N) is 5. The van der Waals surface area contributed by atoms with E-state index in [2.05, 4.69) is 170 Å². The number of aromatic nitrogens is 5. The summed E-state index contributed by atoms with van der Waals surface area (Å²) in [7, 11) is 0. The maximum atomic E-state index is 5.49. The normalized spacial score (nSPS) is 12.0. The van der Waals surface area contributed by atoms with Crippen molar-refractivity contribution >= 4 is 54.6 Å². The van der Waals surface area contributed by atoms with Crippen molar-refractivity contribution in [2.45, 2.75) is 33.1 Å². The van der Waals surface area contributed by atoms with Crippen LogP contribution in [0.1, 0.15) is 31.9 Å². The Morgan fingerprint density at radius 1 is 0.642 bits per heavy atom. The Bertz CT molecular complexity index is 3010. The molecular formula is C47H35N5Pt. The van der Waals surface area contributed by atoms with Gasteiger partial charge in [0.15, 0.2) is 0 Å². The molecule has 0 saturated carbocycles. The smallest absolute Gasteiger partial charge is 0.656 e. The molecule has 0 aliphatic heterocycles. The van der Waals surface area contributed by atoms with E-state index in [0.717, 1.165) is 83.3 Å². The molecule has 5 nitrogen and oxygen atoms in total. The third kappa shape index (κ3) is 5.25. The molecule has 0 amide bonds. The summed E-state index contributed by atoms with van der Waals surface area (Å²) < 4.78 is 4.54. The number of fused-ring (bicyclic) bond motifs is 7. The van der Waals surface area contributed by atoms with Crippen LogP contribution in [0.2, 0.25) is 0 Å². The zero-order valence-corrected chi connectivity index (χ0v) is 32.1. The third-order valence-corrected chi connectivity index (χ3v) is 10.4. The Morgan fingerprint density at radius 3 is 2.26 bits per heavy atom. The zero-order valence-electron chi connectivity index (χ0n) is 29.8. The minimum absolute atomic E-state index is 0. The van der Waals surface area contributed by atoms with Crippen LogP contribution in [-0.4, -0.2) is 19.1 Å². The molecule has 258 valence electrons.